The van der Waals surface area contributed by atoms with E-state index in [-0.39, 0.29) is 0 Å². The Bertz CT molecular complexity index is 404. The molecule has 0 aromatic heterocycles. The molecule has 1 atom stereocenters. The Kier molecular flexibility index (Phi) is 7.39. The van der Waals surface area contributed by atoms with Gasteiger partial charge in [-0.05, 0) is 49.9 Å². The lowest BCUT2D eigenvalue weighted by atomic mass is 10.1. The predicted octanol–water partition coefficient (Wildman–Crippen LogP) is 4.88. The van der Waals surface area contributed by atoms with Gasteiger partial charge in [0.1, 0.15) is 0 Å². The number of nitrogens with one attached hydrogen (secondary N) is 1. The Hall–Kier alpha value is -0.730. The van der Waals surface area contributed by atoms with Gasteiger partial charge in [-0.15, -0.1) is 0 Å². The van der Waals surface area contributed by atoms with Crippen LogP contribution in [0.4, 0.5) is 5.69 Å². The summed E-state index contributed by atoms with van der Waals surface area (Å²) < 4.78 is 0. The summed E-state index contributed by atoms with van der Waals surface area (Å²) in [5.74, 6) is 0.727. The Morgan fingerprint density at radius 3 is 2.50 bits per heavy atom. The summed E-state index contributed by atoms with van der Waals surface area (Å²) in [4.78, 5) is 2.28. The number of halogens is 1. The van der Waals surface area contributed by atoms with Gasteiger partial charge in [0.2, 0.25) is 0 Å². The second-order valence-electron chi connectivity index (χ2n) is 5.99. The van der Waals surface area contributed by atoms with E-state index in [9.17, 15) is 0 Å². The molecule has 0 aliphatic heterocycles. The molecule has 0 saturated heterocycles. The van der Waals surface area contributed by atoms with Crippen LogP contribution in [0.15, 0.2) is 18.2 Å². The summed E-state index contributed by atoms with van der Waals surface area (Å²) >= 11 is 6.44. The van der Waals surface area contributed by atoms with E-state index in [0.29, 0.717) is 6.04 Å². The number of benzene rings is 1. The van der Waals surface area contributed by atoms with Crippen LogP contribution >= 0.6 is 11.6 Å². The Morgan fingerprint density at radius 1 is 1.25 bits per heavy atom. The number of hydrogen-bond donors (Lipinski definition) is 1. The van der Waals surface area contributed by atoms with Crippen molar-refractivity contribution in [1.29, 1.82) is 0 Å². The molecule has 20 heavy (non-hydrogen) atoms. The van der Waals surface area contributed by atoms with Crippen LogP contribution in [-0.2, 0) is 0 Å². The van der Waals surface area contributed by atoms with Gasteiger partial charge in [0.15, 0.2) is 0 Å². The molecule has 3 heteroatoms. The van der Waals surface area contributed by atoms with Gasteiger partial charge < -0.3 is 10.2 Å². The quantitative estimate of drug-likeness (QED) is 0.735. The number of rotatable bonds is 8. The lowest BCUT2D eigenvalue weighted by Crippen LogP contribution is -2.21. The molecule has 0 spiro atoms. The van der Waals surface area contributed by atoms with E-state index < -0.39 is 0 Å². The maximum Gasteiger partial charge on any atom is 0.0474 e. The second kappa shape index (κ2) is 8.53. The van der Waals surface area contributed by atoms with Crippen LogP contribution in [0.1, 0.15) is 52.1 Å². The maximum atomic E-state index is 6.44. The summed E-state index contributed by atoms with van der Waals surface area (Å²) in [6, 6.07) is 6.71. The molecule has 0 radical (unpaired) electrons. The van der Waals surface area contributed by atoms with Gasteiger partial charge in [0.05, 0.1) is 0 Å². The van der Waals surface area contributed by atoms with Crippen LogP contribution in [0, 0.1) is 5.92 Å². The Balaban J connectivity index is 2.71. The molecule has 0 bridgehead atoms. The summed E-state index contributed by atoms with van der Waals surface area (Å²) in [6.45, 7) is 10.9. The van der Waals surface area contributed by atoms with E-state index in [1.54, 1.807) is 0 Å². The first-order valence-corrected chi connectivity index (χ1v) is 8.07. The molecule has 2 nitrogen and oxygen atoms in total. The molecule has 1 aromatic rings. The highest BCUT2D eigenvalue weighted by Crippen LogP contribution is 2.27. The van der Waals surface area contributed by atoms with Gasteiger partial charge in [0, 0.05) is 30.3 Å². The van der Waals surface area contributed by atoms with E-state index in [2.05, 4.69) is 63.2 Å². The van der Waals surface area contributed by atoms with Gasteiger partial charge >= 0.3 is 0 Å². The summed E-state index contributed by atoms with van der Waals surface area (Å²) in [5, 5.41) is 4.34. The van der Waals surface area contributed by atoms with Crippen molar-refractivity contribution in [3.8, 4) is 0 Å². The highest BCUT2D eigenvalue weighted by atomic mass is 35.5. The van der Waals surface area contributed by atoms with Crippen LogP contribution in [-0.4, -0.2) is 20.1 Å². The SMILES string of the molecule is CCCNC(C)c1ccc(N(C)CCC(C)C)cc1Cl. The predicted molar refractivity (Wildman–Crippen MR) is 90.9 cm³/mol. The molecule has 1 rings (SSSR count). The summed E-state index contributed by atoms with van der Waals surface area (Å²) in [7, 11) is 2.13. The van der Waals surface area contributed by atoms with E-state index in [1.165, 1.54) is 17.7 Å². The minimum Gasteiger partial charge on any atom is -0.375 e. The van der Waals surface area contributed by atoms with Crippen LogP contribution in [0.2, 0.25) is 5.02 Å². The Morgan fingerprint density at radius 2 is 1.95 bits per heavy atom. The molecule has 114 valence electrons. The van der Waals surface area contributed by atoms with Gasteiger partial charge in [-0.2, -0.15) is 0 Å². The minimum absolute atomic E-state index is 0.303. The summed E-state index contributed by atoms with van der Waals surface area (Å²) in [5.41, 5.74) is 2.38. The topological polar surface area (TPSA) is 15.3 Å². The first kappa shape index (κ1) is 17.3. The number of nitrogens with zero attached hydrogens (tertiary/aromatic N) is 1. The second-order valence-corrected chi connectivity index (χ2v) is 6.39. The fraction of sp³-hybridized carbons (Fsp3) is 0.647. The van der Waals surface area contributed by atoms with Gasteiger partial charge in [-0.25, -0.2) is 0 Å². The lowest BCUT2D eigenvalue weighted by Gasteiger charge is -2.22. The molecule has 0 fully saturated rings. The average molecular weight is 297 g/mol. The molecule has 1 N–H and O–H groups in total. The maximum absolute atomic E-state index is 6.44. The van der Waals surface area contributed by atoms with Crippen LogP contribution < -0.4 is 10.2 Å². The normalized spacial score (nSPS) is 12.8. The summed E-state index contributed by atoms with van der Waals surface area (Å²) in [6.07, 6.45) is 2.34. The van der Waals surface area contributed by atoms with Crippen molar-refractivity contribution in [2.75, 3.05) is 25.0 Å². The monoisotopic (exact) mass is 296 g/mol. The van der Waals surface area contributed by atoms with Crippen molar-refractivity contribution in [1.82, 2.24) is 5.32 Å². The molecular formula is C17H29ClN2. The van der Waals surface area contributed by atoms with E-state index >= 15 is 0 Å². The van der Waals surface area contributed by atoms with Gasteiger partial charge in [-0.3, -0.25) is 0 Å². The fourth-order valence-electron chi connectivity index (χ4n) is 2.16. The number of hydrogen-bond acceptors (Lipinski definition) is 2. The van der Waals surface area contributed by atoms with E-state index in [0.717, 1.165) is 30.5 Å². The fourth-order valence-corrected chi connectivity index (χ4v) is 2.49. The molecule has 0 aliphatic carbocycles. The first-order valence-electron chi connectivity index (χ1n) is 7.69. The van der Waals surface area contributed by atoms with Gasteiger partial charge in [-0.1, -0.05) is 38.4 Å². The van der Waals surface area contributed by atoms with Crippen LogP contribution in [0.3, 0.4) is 0 Å². The van der Waals surface area contributed by atoms with Crippen molar-refractivity contribution in [3.63, 3.8) is 0 Å². The third-order valence-corrected chi connectivity index (χ3v) is 3.96. The van der Waals surface area contributed by atoms with Gasteiger partial charge in [0.25, 0.3) is 0 Å². The molecule has 0 saturated carbocycles. The third kappa shape index (κ3) is 5.34. The molecule has 0 amide bonds. The van der Waals surface area contributed by atoms with Crippen molar-refractivity contribution in [2.45, 2.75) is 46.6 Å². The molecule has 0 heterocycles. The largest absolute Gasteiger partial charge is 0.375 e. The number of anilines is 1. The van der Waals surface area contributed by atoms with E-state index in [1.807, 2.05) is 0 Å². The molecule has 1 aromatic carbocycles. The zero-order valence-corrected chi connectivity index (χ0v) is 14.3. The molecule has 0 aliphatic rings. The standard InChI is InChI=1S/C17H29ClN2/c1-6-10-19-14(4)16-8-7-15(12-17(16)18)20(5)11-9-13(2)3/h7-8,12-14,19H,6,9-11H2,1-5H3. The van der Waals surface area contributed by atoms with Crippen LogP contribution in [0.25, 0.3) is 0 Å². The minimum atomic E-state index is 0.303. The first-order chi connectivity index (χ1) is 9.45. The van der Waals surface area contributed by atoms with Crippen molar-refractivity contribution >= 4 is 17.3 Å². The highest BCUT2D eigenvalue weighted by Gasteiger charge is 2.11. The smallest absolute Gasteiger partial charge is 0.0474 e. The third-order valence-electron chi connectivity index (χ3n) is 3.63. The van der Waals surface area contributed by atoms with Crippen molar-refractivity contribution < 1.29 is 0 Å². The molecule has 1 unspecified atom stereocenters. The zero-order valence-electron chi connectivity index (χ0n) is 13.5. The highest BCUT2D eigenvalue weighted by molar-refractivity contribution is 6.31. The molecular weight excluding hydrogens is 268 g/mol. The van der Waals surface area contributed by atoms with Crippen molar-refractivity contribution in [3.05, 3.63) is 28.8 Å². The average Bonchev–Trinajstić information content (AvgIpc) is 2.41. The Labute approximate surface area is 129 Å². The van der Waals surface area contributed by atoms with E-state index in [4.69, 9.17) is 11.6 Å². The van der Waals surface area contributed by atoms with Crippen molar-refractivity contribution in [2.24, 2.45) is 5.92 Å². The lowest BCUT2D eigenvalue weighted by molar-refractivity contribution is 0.570. The zero-order chi connectivity index (χ0) is 15.1. The van der Waals surface area contributed by atoms with Crippen LogP contribution in [0.5, 0.6) is 0 Å².